The van der Waals surface area contributed by atoms with Crippen LogP contribution in [0.15, 0.2) is 0 Å². The number of hydrogen-bond acceptors (Lipinski definition) is 4. The molecule has 0 unspecified atom stereocenters. The lowest BCUT2D eigenvalue weighted by Crippen LogP contribution is -2.35. The number of rotatable bonds is 10. The third-order valence-electron chi connectivity index (χ3n) is 1.91. The van der Waals surface area contributed by atoms with E-state index in [1.165, 1.54) is 0 Å². The first-order valence-corrected chi connectivity index (χ1v) is 5.73. The highest BCUT2D eigenvalue weighted by molar-refractivity contribution is 5.77. The molecule has 0 rings (SSSR count). The van der Waals surface area contributed by atoms with Crippen molar-refractivity contribution in [1.82, 2.24) is 10.6 Å². The van der Waals surface area contributed by atoms with Crippen LogP contribution in [0.25, 0.3) is 0 Å². The molecule has 0 aromatic rings. The lowest BCUT2D eigenvalue weighted by atomic mass is 10.4. The minimum Gasteiger partial charge on any atom is -0.380 e. The Bertz CT molecular complexity index is 214. The zero-order valence-corrected chi connectivity index (χ0v) is 9.92. The molecule has 0 saturated carbocycles. The normalized spacial score (nSPS) is 9.75. The van der Waals surface area contributed by atoms with Gasteiger partial charge in [-0.05, 0) is 6.42 Å². The summed E-state index contributed by atoms with van der Waals surface area (Å²) >= 11 is 0. The summed E-state index contributed by atoms with van der Waals surface area (Å²) in [5.74, 6) is -0.0798. The zero-order chi connectivity index (χ0) is 12.1. The lowest BCUT2D eigenvalue weighted by molar-refractivity contribution is -0.120. The average molecular weight is 227 g/mol. The quantitative estimate of drug-likeness (QED) is 0.530. The van der Waals surface area contributed by atoms with E-state index in [4.69, 9.17) is 10.00 Å². The van der Waals surface area contributed by atoms with Gasteiger partial charge in [0, 0.05) is 19.7 Å². The smallest absolute Gasteiger partial charge is 0.233 e. The fraction of sp³-hybridized carbons (Fsp3) is 0.818. The second-order valence-electron chi connectivity index (χ2n) is 3.40. The Morgan fingerprint density at radius 1 is 1.38 bits per heavy atom. The summed E-state index contributed by atoms with van der Waals surface area (Å²) in [6, 6.07) is 1.96. The van der Waals surface area contributed by atoms with E-state index in [9.17, 15) is 4.79 Å². The number of unbranched alkanes of at least 4 members (excludes halogenated alkanes) is 1. The molecule has 92 valence electrons. The Labute approximate surface area is 97.2 Å². The molecular formula is C11H21N3O2. The van der Waals surface area contributed by atoms with Crippen molar-refractivity contribution in [3.8, 4) is 6.07 Å². The minimum atomic E-state index is -0.0798. The molecule has 0 spiro atoms. The molecule has 0 atom stereocenters. The Kier molecular flexibility index (Phi) is 11.1. The van der Waals surface area contributed by atoms with Crippen LogP contribution in [-0.4, -0.2) is 38.8 Å². The van der Waals surface area contributed by atoms with Crippen LogP contribution < -0.4 is 10.6 Å². The highest BCUT2D eigenvalue weighted by atomic mass is 16.5. The number of carbonyl (C=O) groups excluding carboxylic acids is 1. The van der Waals surface area contributed by atoms with E-state index in [0.717, 1.165) is 19.4 Å². The van der Waals surface area contributed by atoms with Crippen molar-refractivity contribution >= 4 is 5.91 Å². The van der Waals surface area contributed by atoms with Gasteiger partial charge in [0.25, 0.3) is 0 Å². The molecule has 0 aliphatic heterocycles. The third kappa shape index (κ3) is 11.0. The summed E-state index contributed by atoms with van der Waals surface area (Å²) in [5.41, 5.74) is 0. The molecule has 0 bridgehead atoms. The van der Waals surface area contributed by atoms with Gasteiger partial charge in [0.2, 0.25) is 5.91 Å². The van der Waals surface area contributed by atoms with Crippen LogP contribution in [0.2, 0.25) is 0 Å². The number of nitrogens with one attached hydrogen (secondary N) is 2. The molecule has 1 amide bonds. The Morgan fingerprint density at radius 2 is 2.19 bits per heavy atom. The highest BCUT2D eigenvalue weighted by Crippen LogP contribution is 1.86. The molecule has 0 aliphatic rings. The first kappa shape index (κ1) is 14.9. The van der Waals surface area contributed by atoms with Gasteiger partial charge >= 0.3 is 0 Å². The molecule has 0 aliphatic carbocycles. The van der Waals surface area contributed by atoms with Crippen molar-refractivity contribution in [2.45, 2.75) is 26.2 Å². The van der Waals surface area contributed by atoms with Crippen LogP contribution in [0.5, 0.6) is 0 Å². The van der Waals surface area contributed by atoms with Gasteiger partial charge in [-0.2, -0.15) is 5.26 Å². The summed E-state index contributed by atoms with van der Waals surface area (Å²) in [4.78, 5) is 11.1. The second-order valence-corrected chi connectivity index (χ2v) is 3.40. The number of carbonyl (C=O) groups is 1. The summed E-state index contributed by atoms with van der Waals surface area (Å²) in [6.07, 6.45) is 2.56. The van der Waals surface area contributed by atoms with E-state index in [0.29, 0.717) is 26.1 Å². The molecule has 0 aromatic carbocycles. The van der Waals surface area contributed by atoms with E-state index >= 15 is 0 Å². The van der Waals surface area contributed by atoms with E-state index < -0.39 is 0 Å². The Hall–Kier alpha value is -1.12. The molecule has 0 aromatic heterocycles. The number of nitriles is 1. The molecule has 0 fully saturated rings. The molecule has 5 heteroatoms. The topological polar surface area (TPSA) is 74.2 Å². The average Bonchev–Trinajstić information content (AvgIpc) is 2.28. The number of nitrogens with zero attached hydrogens (tertiary/aromatic N) is 1. The maximum atomic E-state index is 11.1. The summed E-state index contributed by atoms with van der Waals surface area (Å²) < 4.78 is 5.32. The number of ether oxygens (including phenoxy) is 1. The van der Waals surface area contributed by atoms with Crippen LogP contribution in [-0.2, 0) is 9.53 Å². The van der Waals surface area contributed by atoms with Gasteiger partial charge in [-0.1, -0.05) is 13.3 Å². The van der Waals surface area contributed by atoms with Crippen molar-refractivity contribution < 1.29 is 9.53 Å². The van der Waals surface area contributed by atoms with Crippen LogP contribution in [0.3, 0.4) is 0 Å². The molecule has 0 heterocycles. The number of hydrogen-bond donors (Lipinski definition) is 2. The summed E-state index contributed by atoms with van der Waals surface area (Å²) in [6.45, 7) is 4.91. The van der Waals surface area contributed by atoms with Crippen LogP contribution in [0.1, 0.15) is 26.2 Å². The Balaban J connectivity index is 3.12. The first-order chi connectivity index (χ1) is 7.81. The van der Waals surface area contributed by atoms with E-state index in [-0.39, 0.29) is 12.5 Å². The van der Waals surface area contributed by atoms with Crippen molar-refractivity contribution in [3.05, 3.63) is 0 Å². The van der Waals surface area contributed by atoms with Gasteiger partial charge in [-0.15, -0.1) is 0 Å². The third-order valence-corrected chi connectivity index (χ3v) is 1.91. The predicted octanol–water partition coefficient (Wildman–Crippen LogP) is 0.423. The van der Waals surface area contributed by atoms with Gasteiger partial charge in [0.15, 0.2) is 0 Å². The van der Waals surface area contributed by atoms with Crippen LogP contribution >= 0.6 is 0 Å². The molecule has 2 N–H and O–H groups in total. The van der Waals surface area contributed by atoms with Crippen LogP contribution in [0, 0.1) is 11.3 Å². The van der Waals surface area contributed by atoms with Crippen molar-refractivity contribution in [3.63, 3.8) is 0 Å². The van der Waals surface area contributed by atoms with Crippen molar-refractivity contribution in [2.75, 3.05) is 32.8 Å². The second kappa shape index (κ2) is 12.0. The monoisotopic (exact) mass is 227 g/mol. The molecule has 5 nitrogen and oxygen atoms in total. The maximum Gasteiger partial charge on any atom is 0.233 e. The molecule has 16 heavy (non-hydrogen) atoms. The van der Waals surface area contributed by atoms with E-state index in [1.54, 1.807) is 0 Å². The van der Waals surface area contributed by atoms with E-state index in [1.807, 2.05) is 6.07 Å². The molecule has 0 radical (unpaired) electrons. The molecule has 0 saturated heterocycles. The summed E-state index contributed by atoms with van der Waals surface area (Å²) in [7, 11) is 0. The standard InChI is InChI=1S/C11H21N3O2/c1-2-3-8-16-9-7-13-10-11(15)14-6-4-5-12/h13H,2-4,6-10H2,1H3,(H,14,15). The lowest BCUT2D eigenvalue weighted by Gasteiger charge is -2.06. The highest BCUT2D eigenvalue weighted by Gasteiger charge is 1.98. The largest absolute Gasteiger partial charge is 0.380 e. The van der Waals surface area contributed by atoms with E-state index in [2.05, 4.69) is 17.6 Å². The number of amides is 1. The van der Waals surface area contributed by atoms with Gasteiger partial charge in [-0.25, -0.2) is 0 Å². The molecular weight excluding hydrogens is 206 g/mol. The van der Waals surface area contributed by atoms with Gasteiger partial charge < -0.3 is 15.4 Å². The first-order valence-electron chi connectivity index (χ1n) is 5.73. The fourth-order valence-corrected chi connectivity index (χ4v) is 1.02. The maximum absolute atomic E-state index is 11.1. The predicted molar refractivity (Wildman–Crippen MR) is 61.8 cm³/mol. The summed E-state index contributed by atoms with van der Waals surface area (Å²) in [5, 5.41) is 13.9. The Morgan fingerprint density at radius 3 is 2.88 bits per heavy atom. The SMILES string of the molecule is CCCCOCCNCC(=O)NCCC#N. The van der Waals surface area contributed by atoms with Crippen molar-refractivity contribution in [1.29, 1.82) is 5.26 Å². The van der Waals surface area contributed by atoms with Crippen LogP contribution in [0.4, 0.5) is 0 Å². The van der Waals surface area contributed by atoms with Crippen molar-refractivity contribution in [2.24, 2.45) is 0 Å². The van der Waals surface area contributed by atoms with Gasteiger partial charge in [-0.3, -0.25) is 4.79 Å². The zero-order valence-electron chi connectivity index (χ0n) is 9.92. The fourth-order valence-electron chi connectivity index (χ4n) is 1.02. The van der Waals surface area contributed by atoms with Gasteiger partial charge in [0.05, 0.1) is 25.6 Å². The van der Waals surface area contributed by atoms with Gasteiger partial charge in [0.1, 0.15) is 0 Å². The minimum absolute atomic E-state index is 0.0798.